The van der Waals surface area contributed by atoms with Crippen molar-refractivity contribution in [2.24, 2.45) is 0 Å². The zero-order valence-electron chi connectivity index (χ0n) is 15.9. The van der Waals surface area contributed by atoms with Crippen LogP contribution in [0.15, 0.2) is 36.4 Å². The fraction of sp³-hybridized carbons (Fsp3) is 0.350. The zero-order chi connectivity index (χ0) is 19.6. The topological polar surface area (TPSA) is 89.6 Å². The van der Waals surface area contributed by atoms with Crippen molar-refractivity contribution in [3.8, 4) is 11.5 Å². The predicted molar refractivity (Wildman–Crippen MR) is 104 cm³/mol. The molecule has 2 N–H and O–H groups in total. The van der Waals surface area contributed by atoms with Crippen LogP contribution in [0.3, 0.4) is 0 Å². The van der Waals surface area contributed by atoms with Gasteiger partial charge in [-0.2, -0.15) is 0 Å². The van der Waals surface area contributed by atoms with E-state index >= 15 is 0 Å². The summed E-state index contributed by atoms with van der Waals surface area (Å²) in [5.74, 6) is 0.369. The zero-order valence-corrected chi connectivity index (χ0v) is 15.9. The van der Waals surface area contributed by atoms with Crippen molar-refractivity contribution in [3.63, 3.8) is 0 Å². The second-order valence-corrected chi connectivity index (χ2v) is 5.89. The average molecular weight is 371 g/mol. The van der Waals surface area contributed by atoms with Crippen LogP contribution in [0.2, 0.25) is 0 Å². The molecule has 0 bridgehead atoms. The van der Waals surface area contributed by atoms with Crippen molar-refractivity contribution < 1.29 is 19.1 Å². The standard InChI is InChI=1S/C20H25N3O4/c1-4-5-6-12-21-19(24)15-8-7-9-16(23-15)20(25)22-14-10-11-17(26-2)18(13-14)27-3/h7-11,13H,4-6,12H2,1-3H3,(H,21,24)(H,22,25). The van der Waals surface area contributed by atoms with Gasteiger partial charge in [0.15, 0.2) is 11.5 Å². The molecule has 0 aliphatic carbocycles. The number of unbranched alkanes of at least 4 members (excludes halogenated alkanes) is 2. The average Bonchev–Trinajstić information content (AvgIpc) is 2.71. The lowest BCUT2D eigenvalue weighted by atomic mass is 10.2. The molecule has 0 atom stereocenters. The molecule has 2 aromatic rings. The van der Waals surface area contributed by atoms with Gasteiger partial charge < -0.3 is 20.1 Å². The molecule has 2 amide bonds. The molecule has 0 unspecified atom stereocenters. The van der Waals surface area contributed by atoms with Crippen LogP contribution >= 0.6 is 0 Å². The Morgan fingerprint density at radius 3 is 2.33 bits per heavy atom. The van der Waals surface area contributed by atoms with Crippen molar-refractivity contribution in [1.29, 1.82) is 0 Å². The first-order chi connectivity index (χ1) is 13.1. The number of anilines is 1. The van der Waals surface area contributed by atoms with Gasteiger partial charge in [-0.25, -0.2) is 4.98 Å². The molecule has 0 aliphatic heterocycles. The first-order valence-electron chi connectivity index (χ1n) is 8.87. The van der Waals surface area contributed by atoms with E-state index in [2.05, 4.69) is 22.5 Å². The number of rotatable bonds is 9. The summed E-state index contributed by atoms with van der Waals surface area (Å²) in [7, 11) is 3.06. The summed E-state index contributed by atoms with van der Waals surface area (Å²) < 4.78 is 10.4. The van der Waals surface area contributed by atoms with Crippen LogP contribution in [0.4, 0.5) is 5.69 Å². The van der Waals surface area contributed by atoms with Gasteiger partial charge in [-0.15, -0.1) is 0 Å². The van der Waals surface area contributed by atoms with Gasteiger partial charge in [-0.3, -0.25) is 9.59 Å². The summed E-state index contributed by atoms with van der Waals surface area (Å²) >= 11 is 0. The molecule has 144 valence electrons. The molecule has 0 spiro atoms. The van der Waals surface area contributed by atoms with E-state index < -0.39 is 5.91 Å². The number of aromatic nitrogens is 1. The largest absolute Gasteiger partial charge is 0.493 e. The third kappa shape index (κ3) is 5.70. The number of ether oxygens (including phenoxy) is 2. The maximum absolute atomic E-state index is 12.5. The minimum atomic E-state index is -0.414. The van der Waals surface area contributed by atoms with E-state index in [9.17, 15) is 9.59 Å². The predicted octanol–water partition coefficient (Wildman–Crippen LogP) is 3.27. The molecule has 1 aromatic heterocycles. The van der Waals surface area contributed by atoms with E-state index in [1.165, 1.54) is 7.11 Å². The Bertz CT molecular complexity index is 793. The molecular formula is C20H25N3O4. The van der Waals surface area contributed by atoms with Crippen molar-refractivity contribution in [2.45, 2.75) is 26.2 Å². The number of methoxy groups -OCH3 is 2. The van der Waals surface area contributed by atoms with E-state index in [1.54, 1.807) is 43.5 Å². The lowest BCUT2D eigenvalue weighted by Crippen LogP contribution is -2.26. The summed E-state index contributed by atoms with van der Waals surface area (Å²) in [6.45, 7) is 2.69. The van der Waals surface area contributed by atoms with E-state index in [0.717, 1.165) is 19.3 Å². The number of nitrogens with one attached hydrogen (secondary N) is 2. The van der Waals surface area contributed by atoms with Gasteiger partial charge in [0.1, 0.15) is 11.4 Å². The van der Waals surface area contributed by atoms with Crippen LogP contribution in [0, 0.1) is 0 Å². The molecule has 2 rings (SSSR count). The quantitative estimate of drug-likeness (QED) is 0.660. The number of hydrogen-bond donors (Lipinski definition) is 2. The fourth-order valence-electron chi connectivity index (χ4n) is 2.46. The highest BCUT2D eigenvalue weighted by atomic mass is 16.5. The molecule has 7 nitrogen and oxygen atoms in total. The highest BCUT2D eigenvalue weighted by Crippen LogP contribution is 2.29. The maximum atomic E-state index is 12.5. The molecule has 1 heterocycles. The smallest absolute Gasteiger partial charge is 0.274 e. The summed E-state index contributed by atoms with van der Waals surface area (Å²) in [5, 5.41) is 5.56. The lowest BCUT2D eigenvalue weighted by molar-refractivity contribution is 0.0947. The van der Waals surface area contributed by atoms with E-state index in [4.69, 9.17) is 9.47 Å². The number of benzene rings is 1. The minimum Gasteiger partial charge on any atom is -0.493 e. The van der Waals surface area contributed by atoms with Gasteiger partial charge in [-0.1, -0.05) is 25.8 Å². The molecule has 0 saturated heterocycles. The van der Waals surface area contributed by atoms with Crippen molar-refractivity contribution in [1.82, 2.24) is 10.3 Å². The molecule has 1 aromatic carbocycles. The van der Waals surface area contributed by atoms with E-state index in [-0.39, 0.29) is 17.3 Å². The Balaban J connectivity index is 2.05. The van der Waals surface area contributed by atoms with Gasteiger partial charge in [0, 0.05) is 18.3 Å². The number of carbonyl (C=O) groups excluding carboxylic acids is 2. The van der Waals surface area contributed by atoms with Crippen LogP contribution in [-0.2, 0) is 0 Å². The summed E-state index contributed by atoms with van der Waals surface area (Å²) in [5.41, 5.74) is 0.909. The van der Waals surface area contributed by atoms with Gasteiger partial charge in [0.25, 0.3) is 11.8 Å². The van der Waals surface area contributed by atoms with Gasteiger partial charge >= 0.3 is 0 Å². The molecule has 0 radical (unpaired) electrons. The van der Waals surface area contributed by atoms with Gasteiger partial charge in [0.2, 0.25) is 0 Å². The lowest BCUT2D eigenvalue weighted by Gasteiger charge is -2.11. The summed E-state index contributed by atoms with van der Waals surface area (Å²) in [4.78, 5) is 28.8. The number of nitrogens with zero attached hydrogens (tertiary/aromatic N) is 1. The fourth-order valence-corrected chi connectivity index (χ4v) is 2.46. The molecule has 0 fully saturated rings. The van der Waals surface area contributed by atoms with Crippen molar-refractivity contribution in [3.05, 3.63) is 47.8 Å². The van der Waals surface area contributed by atoms with Crippen molar-refractivity contribution >= 4 is 17.5 Å². The number of amides is 2. The van der Waals surface area contributed by atoms with Gasteiger partial charge in [0.05, 0.1) is 14.2 Å². The molecule has 27 heavy (non-hydrogen) atoms. The Morgan fingerprint density at radius 1 is 0.963 bits per heavy atom. The number of carbonyl (C=O) groups is 2. The normalized spacial score (nSPS) is 10.2. The van der Waals surface area contributed by atoms with E-state index in [0.29, 0.717) is 23.7 Å². The van der Waals surface area contributed by atoms with Crippen molar-refractivity contribution in [2.75, 3.05) is 26.1 Å². The Hall–Kier alpha value is -3.09. The molecular weight excluding hydrogens is 346 g/mol. The maximum Gasteiger partial charge on any atom is 0.274 e. The first kappa shape index (κ1) is 20.2. The third-order valence-corrected chi connectivity index (χ3v) is 3.92. The summed E-state index contributed by atoms with van der Waals surface area (Å²) in [6.07, 6.45) is 3.06. The molecule has 0 saturated carbocycles. The SMILES string of the molecule is CCCCCNC(=O)c1cccc(C(=O)Nc2ccc(OC)c(OC)c2)n1. The Morgan fingerprint density at radius 2 is 1.67 bits per heavy atom. The molecule has 0 aliphatic rings. The van der Waals surface area contributed by atoms with Crippen LogP contribution < -0.4 is 20.1 Å². The highest BCUT2D eigenvalue weighted by molar-refractivity contribution is 6.04. The third-order valence-electron chi connectivity index (χ3n) is 3.92. The van der Waals surface area contributed by atoms with Crippen LogP contribution in [0.25, 0.3) is 0 Å². The Kier molecular flexibility index (Phi) is 7.61. The van der Waals surface area contributed by atoms with Crippen LogP contribution in [0.1, 0.15) is 47.2 Å². The van der Waals surface area contributed by atoms with Gasteiger partial charge in [-0.05, 0) is 30.7 Å². The second-order valence-electron chi connectivity index (χ2n) is 5.89. The Labute approximate surface area is 159 Å². The highest BCUT2D eigenvalue weighted by Gasteiger charge is 2.13. The van der Waals surface area contributed by atoms with E-state index in [1.807, 2.05) is 0 Å². The van der Waals surface area contributed by atoms with Crippen LogP contribution in [-0.4, -0.2) is 37.6 Å². The minimum absolute atomic E-state index is 0.158. The molecule has 7 heteroatoms. The number of hydrogen-bond acceptors (Lipinski definition) is 5. The second kappa shape index (κ2) is 10.2. The monoisotopic (exact) mass is 371 g/mol. The van der Waals surface area contributed by atoms with Crippen LogP contribution in [0.5, 0.6) is 11.5 Å². The summed E-state index contributed by atoms with van der Waals surface area (Å²) in [6, 6.07) is 9.83. The number of pyridine rings is 1. The first-order valence-corrected chi connectivity index (χ1v) is 8.87.